The Hall–Kier alpha value is -2.68. The third-order valence-electron chi connectivity index (χ3n) is 5.99. The molecular weight excluding hydrogens is 450 g/mol. The molecule has 0 spiro atoms. The summed E-state index contributed by atoms with van der Waals surface area (Å²) in [5.41, 5.74) is 2.03. The molecule has 1 aliphatic heterocycles. The maximum atomic E-state index is 13.2. The lowest BCUT2D eigenvalue weighted by atomic mass is 10.0. The van der Waals surface area contributed by atoms with E-state index in [0.717, 1.165) is 24.0 Å². The lowest BCUT2D eigenvalue weighted by molar-refractivity contribution is 0.288. The maximum absolute atomic E-state index is 13.2. The zero-order valence-corrected chi connectivity index (χ0v) is 19.3. The minimum Gasteiger partial charge on any atom is -0.451 e. The summed E-state index contributed by atoms with van der Waals surface area (Å²) in [5, 5.41) is 5.31. The van der Waals surface area contributed by atoms with Crippen LogP contribution in [0, 0.1) is 12.8 Å². The second-order valence-corrected chi connectivity index (χ2v) is 10.6. The van der Waals surface area contributed by atoms with Crippen LogP contribution in [0.1, 0.15) is 25.3 Å². The topological polar surface area (TPSA) is 89.4 Å². The Kier molecular flexibility index (Phi) is 5.31. The second-order valence-electron chi connectivity index (χ2n) is 8.23. The third-order valence-corrected chi connectivity index (χ3v) is 8.12. The highest BCUT2D eigenvalue weighted by atomic mass is 35.5. The van der Waals surface area contributed by atoms with Gasteiger partial charge >= 0.3 is 0 Å². The van der Waals surface area contributed by atoms with E-state index in [1.54, 1.807) is 34.6 Å². The molecule has 4 aromatic rings. The molecule has 0 bridgehead atoms. The number of hydrogen-bond donors (Lipinski definition) is 0. The Morgan fingerprint density at radius 3 is 2.66 bits per heavy atom. The van der Waals surface area contributed by atoms with Gasteiger partial charge in [-0.25, -0.2) is 8.42 Å². The fraction of sp³-hybridized carbons (Fsp3) is 0.304. The molecule has 0 N–H and O–H groups in total. The van der Waals surface area contributed by atoms with Crippen molar-refractivity contribution in [3.8, 4) is 23.0 Å². The van der Waals surface area contributed by atoms with E-state index < -0.39 is 10.0 Å². The normalized spacial score (nSPS) is 16.1. The molecule has 5 rings (SSSR count). The van der Waals surface area contributed by atoms with Gasteiger partial charge in [0.05, 0.1) is 4.90 Å². The van der Waals surface area contributed by atoms with Gasteiger partial charge in [0.2, 0.25) is 15.8 Å². The zero-order chi connectivity index (χ0) is 22.5. The number of hydrogen-bond acceptors (Lipinski definition) is 6. The summed E-state index contributed by atoms with van der Waals surface area (Å²) in [5.74, 6) is 1.59. The zero-order valence-electron chi connectivity index (χ0n) is 17.7. The van der Waals surface area contributed by atoms with E-state index in [9.17, 15) is 8.42 Å². The molecule has 0 atom stereocenters. The van der Waals surface area contributed by atoms with Gasteiger partial charge in [0.1, 0.15) is 5.58 Å². The van der Waals surface area contributed by atoms with Gasteiger partial charge in [-0.1, -0.05) is 35.8 Å². The number of aryl methyl sites for hydroxylation is 1. The van der Waals surface area contributed by atoms with E-state index >= 15 is 0 Å². The molecule has 0 radical (unpaired) electrons. The molecule has 7 nitrogen and oxygen atoms in total. The highest BCUT2D eigenvalue weighted by molar-refractivity contribution is 7.89. The van der Waals surface area contributed by atoms with Crippen LogP contribution >= 0.6 is 11.6 Å². The number of rotatable bonds is 4. The van der Waals surface area contributed by atoms with Crippen molar-refractivity contribution >= 4 is 32.6 Å². The number of aromatic nitrogens is 2. The van der Waals surface area contributed by atoms with E-state index in [0.29, 0.717) is 46.6 Å². The summed E-state index contributed by atoms with van der Waals surface area (Å²) in [4.78, 5) is 4.71. The molecule has 2 aromatic heterocycles. The van der Waals surface area contributed by atoms with Gasteiger partial charge in [0, 0.05) is 34.6 Å². The quantitative estimate of drug-likeness (QED) is 0.388. The van der Waals surface area contributed by atoms with Gasteiger partial charge in [0.25, 0.3) is 5.89 Å². The molecule has 1 fully saturated rings. The van der Waals surface area contributed by atoms with Crippen LogP contribution < -0.4 is 0 Å². The van der Waals surface area contributed by atoms with Crippen LogP contribution in [0.3, 0.4) is 0 Å². The standard InChI is InChI=1S/C23H22ClN3O4S/c1-14-8-10-27(11-9-14)32(28,29)18-6-7-20-19(13-18)15(2)21(30-20)23-25-22(26-31-23)16-4-3-5-17(24)12-16/h3-7,12-14H,8-11H2,1-2H3. The van der Waals surface area contributed by atoms with Crippen LogP contribution in [-0.2, 0) is 10.0 Å². The van der Waals surface area contributed by atoms with Crippen molar-refractivity contribution in [1.82, 2.24) is 14.4 Å². The first kappa shape index (κ1) is 21.2. The minimum atomic E-state index is -3.56. The number of sulfonamides is 1. The van der Waals surface area contributed by atoms with Gasteiger partial charge in [-0.15, -0.1) is 0 Å². The van der Waals surface area contributed by atoms with Crippen molar-refractivity contribution in [3.63, 3.8) is 0 Å². The van der Waals surface area contributed by atoms with Crippen molar-refractivity contribution in [2.45, 2.75) is 31.6 Å². The highest BCUT2D eigenvalue weighted by Crippen LogP contribution is 2.35. The first-order valence-electron chi connectivity index (χ1n) is 10.5. The first-order chi connectivity index (χ1) is 15.3. The van der Waals surface area contributed by atoms with Crippen molar-refractivity contribution < 1.29 is 17.4 Å². The number of nitrogens with zero attached hydrogens (tertiary/aromatic N) is 3. The number of halogens is 1. The molecule has 9 heteroatoms. The van der Waals surface area contributed by atoms with Crippen LogP contribution in [0.25, 0.3) is 34.0 Å². The Balaban J connectivity index is 1.50. The molecule has 1 aliphatic rings. The van der Waals surface area contributed by atoms with Crippen molar-refractivity contribution in [2.24, 2.45) is 5.92 Å². The summed E-state index contributed by atoms with van der Waals surface area (Å²) in [7, 11) is -3.56. The van der Waals surface area contributed by atoms with Crippen LogP contribution in [0.2, 0.25) is 5.02 Å². The van der Waals surface area contributed by atoms with E-state index in [1.165, 1.54) is 0 Å². The highest BCUT2D eigenvalue weighted by Gasteiger charge is 2.29. The molecule has 0 amide bonds. The summed E-state index contributed by atoms with van der Waals surface area (Å²) < 4.78 is 39.3. The van der Waals surface area contributed by atoms with Crippen LogP contribution in [0.5, 0.6) is 0 Å². The average Bonchev–Trinajstić information content (AvgIpc) is 3.39. The molecule has 1 saturated heterocycles. The SMILES string of the molecule is Cc1c(-c2nc(-c3cccc(Cl)c3)no2)oc2ccc(S(=O)(=O)N3CCC(C)CC3)cc12. The number of benzene rings is 2. The largest absolute Gasteiger partial charge is 0.451 e. The van der Waals surface area contributed by atoms with Crippen LogP contribution in [-0.4, -0.2) is 36.0 Å². The lowest BCUT2D eigenvalue weighted by Gasteiger charge is -2.29. The van der Waals surface area contributed by atoms with Crippen molar-refractivity contribution in [3.05, 3.63) is 53.1 Å². The predicted octanol–water partition coefficient (Wildman–Crippen LogP) is 5.53. The number of fused-ring (bicyclic) bond motifs is 1. The second kappa shape index (κ2) is 8.03. The summed E-state index contributed by atoms with van der Waals surface area (Å²) in [6, 6.07) is 12.1. The van der Waals surface area contributed by atoms with E-state index in [2.05, 4.69) is 17.1 Å². The molecule has 32 heavy (non-hydrogen) atoms. The molecule has 0 aliphatic carbocycles. The molecule has 166 valence electrons. The Bertz CT molecular complexity index is 1400. The van der Waals surface area contributed by atoms with Gasteiger partial charge in [-0.2, -0.15) is 9.29 Å². The summed E-state index contributed by atoms with van der Waals surface area (Å²) in [6.45, 7) is 5.10. The molecule has 2 aromatic carbocycles. The third kappa shape index (κ3) is 3.72. The van der Waals surface area contributed by atoms with E-state index in [4.69, 9.17) is 20.5 Å². The number of furan rings is 1. The predicted molar refractivity (Wildman–Crippen MR) is 122 cm³/mol. The fourth-order valence-electron chi connectivity index (χ4n) is 4.00. The van der Waals surface area contributed by atoms with Gasteiger partial charge < -0.3 is 8.94 Å². The Labute approximate surface area is 191 Å². The molecule has 0 unspecified atom stereocenters. The minimum absolute atomic E-state index is 0.225. The molecule has 0 saturated carbocycles. The summed E-state index contributed by atoms with van der Waals surface area (Å²) >= 11 is 6.05. The smallest absolute Gasteiger partial charge is 0.294 e. The van der Waals surface area contributed by atoms with Crippen LogP contribution in [0.4, 0.5) is 0 Å². The van der Waals surface area contributed by atoms with Crippen molar-refractivity contribution in [2.75, 3.05) is 13.1 Å². The van der Waals surface area contributed by atoms with Gasteiger partial charge in [-0.05, 0) is 56.0 Å². The Morgan fingerprint density at radius 2 is 1.91 bits per heavy atom. The number of piperidine rings is 1. The maximum Gasteiger partial charge on any atom is 0.294 e. The monoisotopic (exact) mass is 471 g/mol. The van der Waals surface area contributed by atoms with Crippen LogP contribution in [0.15, 0.2) is 56.3 Å². The fourth-order valence-corrected chi connectivity index (χ4v) is 5.69. The van der Waals surface area contributed by atoms with Crippen molar-refractivity contribution in [1.29, 1.82) is 0 Å². The molecule has 3 heterocycles. The lowest BCUT2D eigenvalue weighted by Crippen LogP contribution is -2.37. The average molecular weight is 472 g/mol. The van der Waals surface area contributed by atoms with Gasteiger partial charge in [0.15, 0.2) is 5.76 Å². The summed E-state index contributed by atoms with van der Waals surface area (Å²) in [6.07, 6.45) is 1.75. The van der Waals surface area contributed by atoms with E-state index in [1.807, 2.05) is 19.1 Å². The Morgan fingerprint density at radius 1 is 1.12 bits per heavy atom. The molecular formula is C23H22ClN3O4S. The first-order valence-corrected chi connectivity index (χ1v) is 12.3. The van der Waals surface area contributed by atoms with Gasteiger partial charge in [-0.3, -0.25) is 0 Å². The van der Waals surface area contributed by atoms with E-state index in [-0.39, 0.29) is 10.8 Å².